The molecule has 6 unspecified atom stereocenters. The molecule has 6 atom stereocenters. The molecule has 744 valence electrons. The number of hydrogen-bond acceptors (Lipinski definition) is 25. The molecule has 8 aromatic heterocycles. The third-order valence-electron chi connectivity index (χ3n) is 25.0. The van der Waals surface area contributed by atoms with E-state index in [1.807, 2.05) is 144 Å². The van der Waals surface area contributed by atoms with Crippen molar-refractivity contribution in [3.8, 4) is 62.9 Å². The van der Waals surface area contributed by atoms with Gasteiger partial charge in [0.25, 0.3) is 0 Å². The first-order valence-electron chi connectivity index (χ1n) is 46.6. The normalized spacial score (nSPS) is 16.9. The average molecular weight is 2010 g/mol. The predicted octanol–water partition coefficient (Wildman–Crippen LogP) is 17.1. The zero-order valence-corrected chi connectivity index (χ0v) is 85.9. The van der Waals surface area contributed by atoms with Gasteiger partial charge in [0.1, 0.15) is 48.1 Å². The Labute approximate surface area is 832 Å². The molecule has 141 heavy (non-hydrogen) atoms. The predicted molar refractivity (Wildman–Crippen MR) is 547 cm³/mol. The first-order valence-corrected chi connectivity index (χ1v) is 49.7. The van der Waals surface area contributed by atoms with Crippen molar-refractivity contribution in [1.82, 2.24) is 83.1 Å². The standard InChI is InChI=1S/C36H44ClFN8O3.C35H41ClFN7O4.C32H33ClFN5O4S/c1-10-28(47)44-18-23(7)45(19-22(44)6)33-25-17-26(37)31(24-13-11-12-14-27(24)38)39-34(25)46(36(48)42-33)32-29(20(2)3)40-35(41-30(32)21(4)5)49-16-15-43(8)9;1-9-27(45)42-17-22(7)43(18-21(42)6)32-24-16-25(36)30(23-12-10-11-13-26(23)37)38-33(24)44(35(46)41-32)31-28(19(2)3)39-34(48-15-14-47-8)40-29(31)20(4)5;1-7-28(40)37-16-20(5)38(17-19(37)4)30-24-15-25(33)29(22-10-8-9-11-26(22)34)35-31(24)39(32(41)36-30)27-13-12-21(44(6,42)43)14-23(27)18(2)3/h10-14,17,20-23H,1,15-16,18-19H2,2-9H3;9-13,16,19-22H,1,14-15,17-18H2,2-8H3;7-15,18-20H,1,16-17H2,2-6H3. The second-order valence-electron chi connectivity index (χ2n) is 37.3. The summed E-state index contributed by atoms with van der Waals surface area (Å²) in [5.41, 5.74) is 3.97. The number of fused-ring (bicyclic) bond motifs is 3. The number of ether oxygens (including phenoxy) is 3. The number of benzene rings is 4. The lowest BCUT2D eigenvalue weighted by molar-refractivity contribution is -0.129. The van der Waals surface area contributed by atoms with Crippen molar-refractivity contribution >= 4 is 113 Å². The van der Waals surface area contributed by atoms with Gasteiger partial charge in [-0.3, -0.25) is 14.4 Å². The monoisotopic (exact) mass is 2000 g/mol. The Morgan fingerprint density at radius 1 is 0.433 bits per heavy atom. The van der Waals surface area contributed by atoms with E-state index in [1.54, 1.807) is 107 Å². The zero-order valence-electron chi connectivity index (χ0n) is 82.8. The highest BCUT2D eigenvalue weighted by atomic mass is 35.5. The number of anilines is 3. The molecule has 11 heterocycles. The van der Waals surface area contributed by atoms with Crippen molar-refractivity contribution < 1.29 is 50.2 Å². The Bertz CT molecular complexity index is 7110. The van der Waals surface area contributed by atoms with Gasteiger partial charge in [-0.25, -0.2) is 64.6 Å². The lowest BCUT2D eigenvalue weighted by Crippen LogP contribution is -2.58. The van der Waals surface area contributed by atoms with Crippen LogP contribution in [0, 0.1) is 17.5 Å². The van der Waals surface area contributed by atoms with E-state index in [0.29, 0.717) is 138 Å². The molecule has 4 aromatic carbocycles. The van der Waals surface area contributed by atoms with E-state index >= 15 is 8.78 Å². The van der Waals surface area contributed by atoms with E-state index in [-0.39, 0.29) is 173 Å². The number of halogens is 6. The molecule has 0 bridgehead atoms. The van der Waals surface area contributed by atoms with Crippen LogP contribution >= 0.6 is 34.8 Å². The number of pyridine rings is 3. The van der Waals surface area contributed by atoms with Gasteiger partial charge >= 0.3 is 29.1 Å². The molecule has 38 heteroatoms. The number of rotatable bonds is 26. The van der Waals surface area contributed by atoms with E-state index in [9.17, 15) is 41.6 Å². The molecule has 0 radical (unpaired) electrons. The second-order valence-corrected chi connectivity index (χ2v) is 40.6. The van der Waals surface area contributed by atoms with Crippen LogP contribution in [0.4, 0.5) is 30.6 Å². The van der Waals surface area contributed by atoms with Gasteiger partial charge in [0, 0.05) is 112 Å². The first-order chi connectivity index (χ1) is 66.8. The summed E-state index contributed by atoms with van der Waals surface area (Å²) in [6, 6.07) is 27.2. The van der Waals surface area contributed by atoms with Crippen molar-refractivity contribution in [2.75, 3.05) is 108 Å². The van der Waals surface area contributed by atoms with Crippen LogP contribution in [0.15, 0.2) is 166 Å². The molecular formula is C103H118Cl3F3N20O11S. The molecular weight excluding hydrogens is 1890 g/mol. The molecule has 0 aliphatic carbocycles. The number of aromatic nitrogens is 13. The number of likely N-dealkylation sites (N-methyl/N-ethyl adjacent to an activating group) is 1. The van der Waals surface area contributed by atoms with Crippen LogP contribution in [0.3, 0.4) is 0 Å². The highest BCUT2D eigenvalue weighted by molar-refractivity contribution is 7.90. The van der Waals surface area contributed by atoms with Crippen molar-refractivity contribution in [3.63, 3.8) is 0 Å². The summed E-state index contributed by atoms with van der Waals surface area (Å²) in [6.45, 7) is 46.1. The van der Waals surface area contributed by atoms with Crippen LogP contribution in [0.2, 0.25) is 15.1 Å². The van der Waals surface area contributed by atoms with E-state index in [2.05, 4.69) is 34.7 Å². The van der Waals surface area contributed by atoms with Crippen LogP contribution in [0.25, 0.3) is 83.9 Å². The van der Waals surface area contributed by atoms with E-state index < -0.39 is 44.4 Å². The third kappa shape index (κ3) is 22.1. The maximum Gasteiger partial charge on any atom is 0.355 e. The smallest absolute Gasteiger partial charge is 0.355 e. The van der Waals surface area contributed by atoms with Crippen LogP contribution in [0.1, 0.15) is 169 Å². The molecule has 3 fully saturated rings. The Balaban J connectivity index is 0.000000178. The molecule has 3 aliphatic heterocycles. The Morgan fingerprint density at radius 3 is 1.04 bits per heavy atom. The van der Waals surface area contributed by atoms with Crippen molar-refractivity contribution in [1.29, 1.82) is 0 Å². The first kappa shape index (κ1) is 105. The topological polar surface area (TPSA) is 331 Å². The quantitative estimate of drug-likeness (QED) is 0.0359. The summed E-state index contributed by atoms with van der Waals surface area (Å²) in [6.07, 6.45) is 5.01. The molecule has 3 saturated heterocycles. The lowest BCUT2D eigenvalue weighted by Gasteiger charge is -2.44. The largest absolute Gasteiger partial charge is 0.462 e. The number of amides is 3. The van der Waals surface area contributed by atoms with E-state index in [1.165, 1.54) is 56.2 Å². The number of carbonyl (C=O) groups excluding carboxylic acids is 3. The second kappa shape index (κ2) is 44.1. The van der Waals surface area contributed by atoms with Crippen LogP contribution in [-0.4, -0.2) is 239 Å². The fourth-order valence-electron chi connectivity index (χ4n) is 17.8. The molecule has 0 saturated carbocycles. The van der Waals surface area contributed by atoms with Crippen molar-refractivity contribution in [2.24, 2.45) is 0 Å². The Kier molecular flexibility index (Phi) is 32.9. The lowest BCUT2D eigenvalue weighted by atomic mass is 10.0. The molecule has 31 nitrogen and oxygen atoms in total. The van der Waals surface area contributed by atoms with Gasteiger partial charge in [0.2, 0.25) is 17.7 Å². The zero-order chi connectivity index (χ0) is 103. The number of sulfone groups is 1. The molecule has 15 rings (SSSR count). The van der Waals surface area contributed by atoms with Gasteiger partial charge in [0.15, 0.2) is 26.8 Å². The molecule has 0 N–H and O–H groups in total. The van der Waals surface area contributed by atoms with Crippen LogP contribution in [0.5, 0.6) is 12.0 Å². The Hall–Kier alpha value is -12.9. The summed E-state index contributed by atoms with van der Waals surface area (Å²) >= 11 is 20.5. The third-order valence-corrected chi connectivity index (χ3v) is 27.0. The molecule has 0 spiro atoms. The van der Waals surface area contributed by atoms with E-state index in [4.69, 9.17) is 83.9 Å². The average Bonchev–Trinajstić information content (AvgIpc) is 0.735. The molecule has 3 amide bonds. The maximum atomic E-state index is 15.2. The number of piperazine rings is 3. The summed E-state index contributed by atoms with van der Waals surface area (Å²) in [5, 5.41) is 1.96. The minimum absolute atomic E-state index is 0.115. The van der Waals surface area contributed by atoms with Gasteiger partial charge in [-0.1, -0.05) is 160 Å². The Morgan fingerprint density at radius 2 is 0.745 bits per heavy atom. The van der Waals surface area contributed by atoms with Crippen molar-refractivity contribution in [3.05, 3.63) is 239 Å². The summed E-state index contributed by atoms with van der Waals surface area (Å²) in [4.78, 5) is 142. The fourth-order valence-corrected chi connectivity index (χ4v) is 19.2. The molecule has 12 aromatic rings. The summed E-state index contributed by atoms with van der Waals surface area (Å²) in [5.74, 6) is -1.80. The van der Waals surface area contributed by atoms with E-state index in [0.717, 1.165) is 6.26 Å². The van der Waals surface area contributed by atoms with Gasteiger partial charge in [0.05, 0.1) is 99.6 Å². The number of nitrogens with zero attached hydrogens (tertiary/aromatic N) is 20. The highest BCUT2D eigenvalue weighted by Crippen LogP contribution is 2.44. The number of carbonyl (C=O) groups is 3. The van der Waals surface area contributed by atoms with Gasteiger partial charge < -0.3 is 48.5 Å². The maximum absolute atomic E-state index is 15.2. The summed E-state index contributed by atoms with van der Waals surface area (Å²) < 4.78 is 91.3. The van der Waals surface area contributed by atoms with Gasteiger partial charge in [-0.15, -0.1) is 0 Å². The number of hydrogen-bond donors (Lipinski definition) is 0. The summed E-state index contributed by atoms with van der Waals surface area (Å²) in [7, 11) is 1.97. The van der Waals surface area contributed by atoms with Crippen LogP contribution < -0.4 is 41.2 Å². The minimum atomic E-state index is -3.53. The molecule has 3 aliphatic rings. The van der Waals surface area contributed by atoms with Gasteiger partial charge in [-0.05, 0) is 182 Å². The fraction of sp³-hybridized carbons (Fsp3) is 0.398. The minimum Gasteiger partial charge on any atom is -0.462 e. The SMILES string of the molecule is C=CC(=O)N1CC(C)N(c2nc(=O)n(-c3c(C(C)C)nc(OCCN(C)C)nc3C(C)C)c3nc(-c4ccccc4F)c(Cl)cc23)CC1C.C=CC(=O)N1CC(C)N(c2nc(=O)n(-c3c(C(C)C)nc(OCCOC)nc3C(C)C)c3nc(-c4ccccc4F)c(Cl)cc23)CC1C.C=CC(=O)N1CC(C)N(c2nc(=O)n(-c3ccc(S(C)(=O)=O)cc3C(C)C)c3nc(-c4ccccc4F)c(Cl)cc23)CC1C. The number of methoxy groups -OCH3 is 1. The van der Waals surface area contributed by atoms with Crippen molar-refractivity contribution in [2.45, 2.75) is 182 Å². The van der Waals surface area contributed by atoms with Crippen LogP contribution in [-0.2, 0) is 29.0 Å². The highest BCUT2D eigenvalue weighted by Gasteiger charge is 2.40. The van der Waals surface area contributed by atoms with Gasteiger partial charge in [-0.2, -0.15) is 34.9 Å².